The monoisotopic (exact) mass is 241 g/mol. The molecule has 0 aliphatic rings. The highest BCUT2D eigenvalue weighted by molar-refractivity contribution is 6.32. The second kappa shape index (κ2) is 6.71. The summed E-state index contributed by atoms with van der Waals surface area (Å²) in [4.78, 5) is 6.32. The number of pyridine rings is 1. The normalized spacial score (nSPS) is 10.8. The van der Waals surface area contributed by atoms with Gasteiger partial charge in [-0.1, -0.05) is 25.4 Å². The summed E-state index contributed by atoms with van der Waals surface area (Å²) in [6.45, 7) is 7.30. The number of rotatable bonds is 6. The van der Waals surface area contributed by atoms with Crippen molar-refractivity contribution in [3.05, 3.63) is 23.4 Å². The second-order valence-electron chi connectivity index (χ2n) is 4.33. The maximum absolute atomic E-state index is 6.06. The zero-order chi connectivity index (χ0) is 12.0. The van der Waals surface area contributed by atoms with E-state index in [0.717, 1.165) is 25.5 Å². The van der Waals surface area contributed by atoms with Gasteiger partial charge >= 0.3 is 0 Å². The third-order valence-electron chi connectivity index (χ3n) is 2.28. The van der Waals surface area contributed by atoms with Crippen molar-refractivity contribution in [1.29, 1.82) is 0 Å². The van der Waals surface area contributed by atoms with Gasteiger partial charge in [-0.2, -0.15) is 0 Å². The van der Waals surface area contributed by atoms with Crippen LogP contribution in [0.1, 0.15) is 13.8 Å². The van der Waals surface area contributed by atoms with E-state index >= 15 is 0 Å². The van der Waals surface area contributed by atoms with Crippen LogP contribution in [-0.2, 0) is 0 Å². The van der Waals surface area contributed by atoms with Crippen LogP contribution in [-0.4, -0.2) is 31.7 Å². The lowest BCUT2D eigenvalue weighted by atomic mass is 10.2. The highest BCUT2D eigenvalue weighted by Gasteiger charge is 2.05. The van der Waals surface area contributed by atoms with Gasteiger partial charge in [0.15, 0.2) is 0 Å². The maximum atomic E-state index is 6.06. The number of halogens is 1. The van der Waals surface area contributed by atoms with E-state index in [1.54, 1.807) is 6.20 Å². The Morgan fingerprint density at radius 2 is 2.25 bits per heavy atom. The molecule has 0 saturated carbocycles. The van der Waals surface area contributed by atoms with Crippen molar-refractivity contribution in [2.75, 3.05) is 31.6 Å². The largest absolute Gasteiger partial charge is 0.357 e. The molecule has 0 aliphatic carbocycles. The van der Waals surface area contributed by atoms with E-state index in [2.05, 4.69) is 29.0 Å². The molecule has 0 radical (unpaired) electrons. The lowest BCUT2D eigenvalue weighted by molar-refractivity contribution is 0.554. The summed E-state index contributed by atoms with van der Waals surface area (Å²) in [5.41, 5.74) is 0. The van der Waals surface area contributed by atoms with E-state index < -0.39 is 0 Å². The van der Waals surface area contributed by atoms with Gasteiger partial charge in [0, 0.05) is 26.3 Å². The molecule has 0 unspecified atom stereocenters. The number of hydrogen-bond donors (Lipinski definition) is 1. The third kappa shape index (κ3) is 4.37. The molecule has 1 N–H and O–H groups in total. The minimum Gasteiger partial charge on any atom is -0.357 e. The van der Waals surface area contributed by atoms with Crippen molar-refractivity contribution >= 4 is 17.4 Å². The Morgan fingerprint density at radius 3 is 2.88 bits per heavy atom. The summed E-state index contributed by atoms with van der Waals surface area (Å²) in [6, 6.07) is 3.71. The van der Waals surface area contributed by atoms with Crippen LogP contribution in [0.15, 0.2) is 18.3 Å². The minimum atomic E-state index is 0.684. The van der Waals surface area contributed by atoms with Crippen LogP contribution in [0.3, 0.4) is 0 Å². The summed E-state index contributed by atoms with van der Waals surface area (Å²) in [5.74, 6) is 1.53. The van der Waals surface area contributed by atoms with Crippen LogP contribution < -0.4 is 10.2 Å². The lowest BCUT2D eigenvalue weighted by Gasteiger charge is -2.19. The summed E-state index contributed by atoms with van der Waals surface area (Å²) in [7, 11) is 2.01. The van der Waals surface area contributed by atoms with E-state index in [1.165, 1.54) is 0 Å². The first kappa shape index (κ1) is 13.3. The van der Waals surface area contributed by atoms with Gasteiger partial charge < -0.3 is 10.2 Å². The fraction of sp³-hybridized carbons (Fsp3) is 0.583. The first-order valence-electron chi connectivity index (χ1n) is 5.63. The van der Waals surface area contributed by atoms with Gasteiger partial charge in [-0.05, 0) is 24.6 Å². The Labute approximate surface area is 103 Å². The molecule has 3 nitrogen and oxygen atoms in total. The van der Waals surface area contributed by atoms with Crippen molar-refractivity contribution < 1.29 is 0 Å². The summed E-state index contributed by atoms with van der Waals surface area (Å²) < 4.78 is 0. The lowest BCUT2D eigenvalue weighted by Crippen LogP contribution is -2.31. The third-order valence-corrected chi connectivity index (χ3v) is 2.57. The molecule has 90 valence electrons. The van der Waals surface area contributed by atoms with Crippen molar-refractivity contribution in [1.82, 2.24) is 10.3 Å². The molecule has 0 aliphatic heterocycles. The summed E-state index contributed by atoms with van der Waals surface area (Å²) in [6.07, 6.45) is 1.76. The predicted octanol–water partition coefficient (Wildman–Crippen LogP) is 2.42. The zero-order valence-electron chi connectivity index (χ0n) is 10.2. The Morgan fingerprint density at radius 1 is 1.50 bits per heavy atom. The fourth-order valence-electron chi connectivity index (χ4n) is 1.40. The Kier molecular flexibility index (Phi) is 5.56. The van der Waals surface area contributed by atoms with Crippen molar-refractivity contribution in [2.24, 2.45) is 5.92 Å². The molecule has 1 rings (SSSR count). The molecule has 1 aromatic heterocycles. The van der Waals surface area contributed by atoms with Gasteiger partial charge in [0.05, 0.1) is 5.02 Å². The highest BCUT2D eigenvalue weighted by atomic mass is 35.5. The van der Waals surface area contributed by atoms with Gasteiger partial charge in [0.2, 0.25) is 0 Å². The molecular weight excluding hydrogens is 222 g/mol. The van der Waals surface area contributed by atoms with Crippen LogP contribution in [0.4, 0.5) is 5.82 Å². The molecule has 1 aromatic rings. The quantitative estimate of drug-likeness (QED) is 0.776. The van der Waals surface area contributed by atoms with E-state index in [1.807, 2.05) is 19.2 Å². The summed E-state index contributed by atoms with van der Waals surface area (Å²) >= 11 is 6.06. The highest BCUT2D eigenvalue weighted by Crippen LogP contribution is 2.20. The molecule has 0 fully saturated rings. The van der Waals surface area contributed by atoms with Gasteiger partial charge in [0.25, 0.3) is 0 Å². The zero-order valence-corrected chi connectivity index (χ0v) is 11.0. The Balaban J connectivity index is 2.35. The van der Waals surface area contributed by atoms with Crippen LogP contribution in [0, 0.1) is 5.92 Å². The summed E-state index contributed by atoms with van der Waals surface area (Å²) in [5, 5.41) is 4.10. The topological polar surface area (TPSA) is 28.2 Å². The molecule has 0 amide bonds. The van der Waals surface area contributed by atoms with Crippen LogP contribution in [0.25, 0.3) is 0 Å². The average Bonchev–Trinajstić information content (AvgIpc) is 2.24. The van der Waals surface area contributed by atoms with E-state index in [9.17, 15) is 0 Å². The smallest absolute Gasteiger partial charge is 0.147 e. The molecule has 16 heavy (non-hydrogen) atoms. The van der Waals surface area contributed by atoms with Crippen LogP contribution in [0.2, 0.25) is 5.02 Å². The standard InChI is InChI=1S/C12H20ClN3/c1-10(2)9-14-7-8-16(3)12-11(13)5-4-6-15-12/h4-6,10,14H,7-9H2,1-3H3. The minimum absolute atomic E-state index is 0.684. The predicted molar refractivity (Wildman–Crippen MR) is 70.2 cm³/mol. The number of nitrogens with zero attached hydrogens (tertiary/aromatic N) is 2. The molecule has 0 aromatic carbocycles. The molecule has 0 atom stereocenters. The van der Waals surface area contributed by atoms with Crippen LogP contribution in [0.5, 0.6) is 0 Å². The molecule has 1 heterocycles. The maximum Gasteiger partial charge on any atom is 0.147 e. The number of hydrogen-bond acceptors (Lipinski definition) is 3. The number of anilines is 1. The number of aromatic nitrogens is 1. The van der Waals surface area contributed by atoms with Crippen molar-refractivity contribution in [3.8, 4) is 0 Å². The van der Waals surface area contributed by atoms with Crippen LogP contribution >= 0.6 is 11.6 Å². The number of likely N-dealkylation sites (N-methyl/N-ethyl adjacent to an activating group) is 1. The van der Waals surface area contributed by atoms with Gasteiger partial charge in [-0.15, -0.1) is 0 Å². The van der Waals surface area contributed by atoms with Crippen molar-refractivity contribution in [2.45, 2.75) is 13.8 Å². The van der Waals surface area contributed by atoms with Gasteiger partial charge in [0.1, 0.15) is 5.82 Å². The SMILES string of the molecule is CC(C)CNCCN(C)c1ncccc1Cl. The van der Waals surface area contributed by atoms with Gasteiger partial charge in [-0.25, -0.2) is 4.98 Å². The second-order valence-corrected chi connectivity index (χ2v) is 4.74. The average molecular weight is 242 g/mol. The molecular formula is C12H20ClN3. The van der Waals surface area contributed by atoms with E-state index in [4.69, 9.17) is 11.6 Å². The van der Waals surface area contributed by atoms with E-state index in [-0.39, 0.29) is 0 Å². The molecule has 0 spiro atoms. The molecule has 0 bridgehead atoms. The Hall–Kier alpha value is -0.800. The Bertz CT molecular complexity index is 315. The fourth-order valence-corrected chi connectivity index (χ4v) is 1.67. The molecule has 0 saturated heterocycles. The molecule has 4 heteroatoms. The first-order chi connectivity index (χ1) is 7.61. The van der Waals surface area contributed by atoms with Gasteiger partial charge in [-0.3, -0.25) is 0 Å². The first-order valence-corrected chi connectivity index (χ1v) is 6.01. The van der Waals surface area contributed by atoms with E-state index in [0.29, 0.717) is 10.9 Å². The van der Waals surface area contributed by atoms with Crippen molar-refractivity contribution in [3.63, 3.8) is 0 Å². The number of nitrogens with one attached hydrogen (secondary N) is 1.